The molecule has 0 radical (unpaired) electrons. The highest BCUT2D eigenvalue weighted by atomic mass is 16.5. The van der Waals surface area contributed by atoms with Gasteiger partial charge in [-0.1, -0.05) is 31.5 Å². The lowest BCUT2D eigenvalue weighted by atomic mass is 10.0. The van der Waals surface area contributed by atoms with Gasteiger partial charge in [-0.05, 0) is 30.9 Å². The molecule has 2 atom stereocenters. The van der Waals surface area contributed by atoms with Gasteiger partial charge in [-0.3, -0.25) is 4.79 Å². The summed E-state index contributed by atoms with van der Waals surface area (Å²) in [6.45, 7) is 6.94. The molecule has 1 N–H and O–H groups in total. The average molecular weight is 291 g/mol. The summed E-state index contributed by atoms with van der Waals surface area (Å²) in [6, 6.07) is 5.99. The van der Waals surface area contributed by atoms with Crippen molar-refractivity contribution in [2.45, 2.75) is 45.8 Å². The highest BCUT2D eigenvalue weighted by Crippen LogP contribution is 2.29. The maximum atomic E-state index is 11.8. The van der Waals surface area contributed by atoms with Crippen molar-refractivity contribution in [1.29, 1.82) is 0 Å². The van der Waals surface area contributed by atoms with Crippen LogP contribution in [0.25, 0.3) is 0 Å². The first-order valence-corrected chi connectivity index (χ1v) is 7.57. The van der Waals surface area contributed by atoms with E-state index in [1.807, 2.05) is 6.07 Å². The lowest BCUT2D eigenvalue weighted by Gasteiger charge is -2.20. The van der Waals surface area contributed by atoms with Crippen LogP contribution in [-0.4, -0.2) is 31.8 Å². The monoisotopic (exact) mass is 291 g/mol. The van der Waals surface area contributed by atoms with Crippen LogP contribution in [0.5, 0.6) is 5.75 Å². The molecule has 0 bridgehead atoms. The van der Waals surface area contributed by atoms with Crippen molar-refractivity contribution in [3.8, 4) is 5.75 Å². The predicted octanol–water partition coefficient (Wildman–Crippen LogP) is 2.48. The molecule has 2 rings (SSSR count). The van der Waals surface area contributed by atoms with Crippen molar-refractivity contribution in [3.05, 3.63) is 29.3 Å². The fourth-order valence-electron chi connectivity index (χ4n) is 2.71. The van der Waals surface area contributed by atoms with Crippen molar-refractivity contribution in [1.82, 2.24) is 5.32 Å². The number of rotatable bonds is 6. The lowest BCUT2D eigenvalue weighted by molar-refractivity contribution is -0.143. The van der Waals surface area contributed by atoms with Crippen molar-refractivity contribution < 1.29 is 14.3 Å². The zero-order chi connectivity index (χ0) is 15.4. The van der Waals surface area contributed by atoms with Crippen molar-refractivity contribution in [2.75, 3.05) is 13.7 Å². The SMILES string of the molecule is COC(=O)C(CC(C)C)NCC1Cc2cc(C)ccc2O1. The highest BCUT2D eigenvalue weighted by molar-refractivity contribution is 5.75. The number of aryl methyl sites for hydroxylation is 1. The molecule has 2 unspecified atom stereocenters. The van der Waals surface area contributed by atoms with Gasteiger partial charge in [-0.2, -0.15) is 0 Å². The molecule has 0 aromatic heterocycles. The van der Waals surface area contributed by atoms with E-state index in [0.29, 0.717) is 12.5 Å². The molecule has 116 valence electrons. The normalized spacial score (nSPS) is 18.2. The van der Waals surface area contributed by atoms with E-state index in [-0.39, 0.29) is 18.1 Å². The molecule has 0 saturated heterocycles. The van der Waals surface area contributed by atoms with E-state index in [1.165, 1.54) is 18.2 Å². The third-order valence-corrected chi connectivity index (χ3v) is 3.74. The number of esters is 1. The standard InChI is InChI=1S/C17H25NO3/c1-11(2)7-15(17(19)20-4)18-10-14-9-13-8-12(3)5-6-16(13)21-14/h5-6,8,11,14-15,18H,7,9-10H2,1-4H3. The minimum Gasteiger partial charge on any atom is -0.488 e. The van der Waals surface area contributed by atoms with Gasteiger partial charge >= 0.3 is 5.97 Å². The molecule has 0 aliphatic carbocycles. The Morgan fingerprint density at radius 3 is 2.90 bits per heavy atom. The first kappa shape index (κ1) is 15.8. The van der Waals surface area contributed by atoms with Crippen LogP contribution in [0.1, 0.15) is 31.4 Å². The highest BCUT2D eigenvalue weighted by Gasteiger charge is 2.26. The minimum absolute atomic E-state index is 0.0844. The Morgan fingerprint density at radius 1 is 1.48 bits per heavy atom. The summed E-state index contributed by atoms with van der Waals surface area (Å²) in [5.74, 6) is 1.20. The lowest BCUT2D eigenvalue weighted by Crippen LogP contribution is -2.43. The molecule has 0 spiro atoms. The molecule has 4 heteroatoms. The first-order valence-electron chi connectivity index (χ1n) is 7.57. The molecule has 1 aromatic rings. The molecular formula is C17H25NO3. The number of methoxy groups -OCH3 is 1. The predicted molar refractivity (Wildman–Crippen MR) is 82.6 cm³/mol. The maximum Gasteiger partial charge on any atom is 0.322 e. The summed E-state index contributed by atoms with van der Waals surface area (Å²) < 4.78 is 10.8. The summed E-state index contributed by atoms with van der Waals surface area (Å²) in [6.07, 6.45) is 1.74. The van der Waals surface area contributed by atoms with Gasteiger partial charge in [0.15, 0.2) is 0 Å². The van der Waals surface area contributed by atoms with Crippen LogP contribution in [0.15, 0.2) is 18.2 Å². The molecular weight excluding hydrogens is 266 g/mol. The van der Waals surface area contributed by atoms with Crippen LogP contribution < -0.4 is 10.1 Å². The molecule has 1 aliphatic rings. The van der Waals surface area contributed by atoms with Crippen LogP contribution >= 0.6 is 0 Å². The van der Waals surface area contributed by atoms with Gasteiger partial charge in [0.25, 0.3) is 0 Å². The second-order valence-corrected chi connectivity index (χ2v) is 6.17. The van der Waals surface area contributed by atoms with E-state index in [9.17, 15) is 4.79 Å². The van der Waals surface area contributed by atoms with E-state index in [4.69, 9.17) is 9.47 Å². The third kappa shape index (κ3) is 4.21. The summed E-state index contributed by atoms with van der Waals surface area (Å²) in [4.78, 5) is 11.8. The molecule has 1 aliphatic heterocycles. The van der Waals surface area contributed by atoms with E-state index in [0.717, 1.165) is 18.6 Å². The Hall–Kier alpha value is -1.55. The fourth-order valence-corrected chi connectivity index (χ4v) is 2.71. The van der Waals surface area contributed by atoms with Crippen LogP contribution in [0.2, 0.25) is 0 Å². The molecule has 1 heterocycles. The van der Waals surface area contributed by atoms with E-state index in [1.54, 1.807) is 0 Å². The van der Waals surface area contributed by atoms with Gasteiger partial charge in [-0.15, -0.1) is 0 Å². The van der Waals surface area contributed by atoms with Gasteiger partial charge in [0.1, 0.15) is 17.9 Å². The molecule has 4 nitrogen and oxygen atoms in total. The molecule has 1 aromatic carbocycles. The Kier molecular flexibility index (Phi) is 5.23. The summed E-state index contributed by atoms with van der Waals surface area (Å²) >= 11 is 0. The Balaban J connectivity index is 1.89. The number of carbonyl (C=O) groups excluding carboxylic acids is 1. The zero-order valence-corrected chi connectivity index (χ0v) is 13.3. The summed E-state index contributed by atoms with van der Waals surface area (Å²) in [5, 5.41) is 3.29. The summed E-state index contributed by atoms with van der Waals surface area (Å²) in [7, 11) is 1.43. The van der Waals surface area contributed by atoms with Gasteiger partial charge in [-0.25, -0.2) is 0 Å². The van der Waals surface area contributed by atoms with Crippen molar-refractivity contribution in [2.24, 2.45) is 5.92 Å². The Morgan fingerprint density at radius 2 is 2.24 bits per heavy atom. The van der Waals surface area contributed by atoms with Gasteiger partial charge in [0.05, 0.1) is 7.11 Å². The second-order valence-electron chi connectivity index (χ2n) is 6.17. The number of benzene rings is 1. The van der Waals surface area contributed by atoms with E-state index in [2.05, 4.69) is 38.2 Å². The third-order valence-electron chi connectivity index (χ3n) is 3.74. The fraction of sp³-hybridized carbons (Fsp3) is 0.588. The van der Waals surface area contributed by atoms with Gasteiger partial charge in [0, 0.05) is 13.0 Å². The topological polar surface area (TPSA) is 47.6 Å². The number of carbonyl (C=O) groups is 1. The number of fused-ring (bicyclic) bond motifs is 1. The zero-order valence-electron chi connectivity index (χ0n) is 13.3. The number of nitrogens with one attached hydrogen (secondary N) is 1. The van der Waals surface area contributed by atoms with E-state index >= 15 is 0 Å². The van der Waals surface area contributed by atoms with Crippen LogP contribution in [-0.2, 0) is 16.0 Å². The van der Waals surface area contributed by atoms with Gasteiger partial charge < -0.3 is 14.8 Å². The second kappa shape index (κ2) is 6.94. The van der Waals surface area contributed by atoms with Crippen molar-refractivity contribution >= 4 is 5.97 Å². The molecule has 0 fully saturated rings. The number of ether oxygens (including phenoxy) is 2. The summed E-state index contributed by atoms with van der Waals surface area (Å²) in [5.41, 5.74) is 2.50. The average Bonchev–Trinajstić information content (AvgIpc) is 2.84. The van der Waals surface area contributed by atoms with Crippen molar-refractivity contribution in [3.63, 3.8) is 0 Å². The molecule has 21 heavy (non-hydrogen) atoms. The molecule has 0 amide bonds. The van der Waals surface area contributed by atoms with Crippen LogP contribution in [0.3, 0.4) is 0 Å². The quantitative estimate of drug-likeness (QED) is 0.818. The maximum absolute atomic E-state index is 11.8. The first-order chi connectivity index (χ1) is 9.99. The number of hydrogen-bond donors (Lipinski definition) is 1. The van der Waals surface area contributed by atoms with Crippen LogP contribution in [0.4, 0.5) is 0 Å². The van der Waals surface area contributed by atoms with Crippen LogP contribution in [0, 0.1) is 12.8 Å². The Labute approximate surface area is 126 Å². The smallest absolute Gasteiger partial charge is 0.322 e. The van der Waals surface area contributed by atoms with Gasteiger partial charge in [0.2, 0.25) is 0 Å². The molecule has 0 saturated carbocycles. The largest absolute Gasteiger partial charge is 0.488 e. The number of hydrogen-bond acceptors (Lipinski definition) is 4. The Bertz CT molecular complexity index is 499. The minimum atomic E-state index is -0.260. The van der Waals surface area contributed by atoms with E-state index < -0.39 is 0 Å².